The third kappa shape index (κ3) is 5.41. The highest BCUT2D eigenvalue weighted by atomic mass is 19.4. The topological polar surface area (TPSA) is 71.2 Å². The number of hydrogen-bond acceptors (Lipinski definition) is 4. The summed E-state index contributed by atoms with van der Waals surface area (Å²) in [6.07, 6.45) is -10.9. The van der Waals surface area contributed by atoms with Crippen molar-refractivity contribution < 1.29 is 31.4 Å². The van der Waals surface area contributed by atoms with Crippen LogP contribution in [0.15, 0.2) is 36.4 Å². The van der Waals surface area contributed by atoms with Crippen LogP contribution in [0.2, 0.25) is 0 Å². The van der Waals surface area contributed by atoms with Crippen molar-refractivity contribution in [2.45, 2.75) is 18.5 Å². The van der Waals surface area contributed by atoms with Crippen molar-refractivity contribution in [2.24, 2.45) is 5.73 Å². The van der Waals surface area contributed by atoms with Gasteiger partial charge in [-0.1, -0.05) is 18.2 Å². The van der Waals surface area contributed by atoms with Crippen LogP contribution in [0.4, 0.5) is 26.3 Å². The number of rotatable bonds is 6. The number of nitrogens with one attached hydrogen (secondary N) is 1. The number of alkyl halides is 6. The molecule has 4 N–H and O–H groups in total. The highest BCUT2D eigenvalue weighted by Gasteiger charge is 2.37. The summed E-state index contributed by atoms with van der Waals surface area (Å²) in [7, 11) is 0. The molecule has 148 valence electrons. The Balaban J connectivity index is 2.37. The standard InChI is InChI=1S/C17H17F6N3O/c18-16(19,20)11-3-1-10(2-4-11)13-6-5-12(14(27)9-25-8-7-24)15(26-13)17(21,22)23/h1-6,14,25,27H,7-9,24H2/t14-/m0/s1. The summed E-state index contributed by atoms with van der Waals surface area (Å²) in [6, 6.07) is 5.92. The molecule has 0 unspecified atom stereocenters. The highest BCUT2D eigenvalue weighted by Crippen LogP contribution is 2.35. The van der Waals surface area contributed by atoms with Crippen LogP contribution in [-0.4, -0.2) is 29.7 Å². The molecule has 0 saturated carbocycles. The molecule has 0 aliphatic heterocycles. The van der Waals surface area contributed by atoms with Gasteiger partial charge in [0.25, 0.3) is 0 Å². The van der Waals surface area contributed by atoms with Gasteiger partial charge in [0.2, 0.25) is 0 Å². The van der Waals surface area contributed by atoms with Crippen LogP contribution in [0, 0.1) is 0 Å². The number of aromatic nitrogens is 1. The molecule has 2 rings (SSSR count). The second-order valence-electron chi connectivity index (χ2n) is 5.72. The molecule has 0 fully saturated rings. The monoisotopic (exact) mass is 393 g/mol. The van der Waals surface area contributed by atoms with Crippen LogP contribution in [0.25, 0.3) is 11.3 Å². The fourth-order valence-corrected chi connectivity index (χ4v) is 2.41. The minimum absolute atomic E-state index is 0.0933. The summed E-state index contributed by atoms with van der Waals surface area (Å²) in [5.41, 5.74) is 2.58. The third-order valence-corrected chi connectivity index (χ3v) is 3.72. The smallest absolute Gasteiger partial charge is 0.387 e. The molecule has 2 aromatic rings. The SMILES string of the molecule is NCCNC[C@H](O)c1ccc(-c2ccc(C(F)(F)F)cc2)nc1C(F)(F)F. The van der Waals surface area contributed by atoms with Gasteiger partial charge < -0.3 is 16.2 Å². The molecule has 0 spiro atoms. The molecule has 0 aliphatic rings. The Hall–Kier alpha value is -2.17. The summed E-state index contributed by atoms with van der Waals surface area (Å²) in [4.78, 5) is 3.54. The number of hydrogen-bond donors (Lipinski definition) is 3. The summed E-state index contributed by atoms with van der Waals surface area (Å²) in [5, 5.41) is 12.7. The molecule has 1 atom stereocenters. The Morgan fingerprint density at radius 2 is 1.59 bits per heavy atom. The molecule has 27 heavy (non-hydrogen) atoms. The van der Waals surface area contributed by atoms with E-state index in [-0.39, 0.29) is 24.3 Å². The molecule has 0 bridgehead atoms. The van der Waals surface area contributed by atoms with Crippen LogP contribution < -0.4 is 11.1 Å². The van der Waals surface area contributed by atoms with E-state index in [0.29, 0.717) is 6.54 Å². The highest BCUT2D eigenvalue weighted by molar-refractivity contribution is 5.60. The van der Waals surface area contributed by atoms with Gasteiger partial charge in [-0.25, -0.2) is 4.98 Å². The lowest BCUT2D eigenvalue weighted by Gasteiger charge is -2.18. The van der Waals surface area contributed by atoms with Gasteiger partial charge in [-0.2, -0.15) is 26.3 Å². The Kier molecular flexibility index (Phi) is 6.45. The van der Waals surface area contributed by atoms with Crippen LogP contribution in [0.5, 0.6) is 0 Å². The van der Waals surface area contributed by atoms with Crippen molar-refractivity contribution in [3.8, 4) is 11.3 Å². The van der Waals surface area contributed by atoms with E-state index in [1.807, 2.05) is 0 Å². The number of pyridine rings is 1. The molecule has 1 aromatic heterocycles. The molecule has 1 aromatic carbocycles. The number of nitrogens with two attached hydrogens (primary N) is 1. The largest absolute Gasteiger partial charge is 0.433 e. The summed E-state index contributed by atoms with van der Waals surface area (Å²) in [6.45, 7) is 0.418. The summed E-state index contributed by atoms with van der Waals surface area (Å²) >= 11 is 0. The van der Waals surface area contributed by atoms with Crippen molar-refractivity contribution in [2.75, 3.05) is 19.6 Å². The molecule has 0 radical (unpaired) electrons. The number of nitrogens with zero attached hydrogens (tertiary/aromatic N) is 1. The van der Waals surface area contributed by atoms with Gasteiger partial charge in [0, 0.05) is 30.8 Å². The fraction of sp³-hybridized carbons (Fsp3) is 0.353. The minimum Gasteiger partial charge on any atom is -0.387 e. The lowest BCUT2D eigenvalue weighted by atomic mass is 10.0. The molecule has 0 saturated heterocycles. The first kappa shape index (κ1) is 21.1. The normalized spacial score (nSPS) is 13.6. The molecule has 1 heterocycles. The lowest BCUT2D eigenvalue weighted by molar-refractivity contribution is -0.142. The first-order valence-corrected chi connectivity index (χ1v) is 7.88. The van der Waals surface area contributed by atoms with E-state index in [9.17, 15) is 31.4 Å². The predicted molar refractivity (Wildman–Crippen MR) is 86.6 cm³/mol. The lowest BCUT2D eigenvalue weighted by Crippen LogP contribution is -2.28. The van der Waals surface area contributed by atoms with E-state index in [1.54, 1.807) is 0 Å². The van der Waals surface area contributed by atoms with Crippen molar-refractivity contribution >= 4 is 0 Å². The third-order valence-electron chi connectivity index (χ3n) is 3.72. The molecular formula is C17H17F6N3O. The number of halogens is 6. The van der Waals surface area contributed by atoms with E-state index in [1.165, 1.54) is 6.07 Å². The second-order valence-corrected chi connectivity index (χ2v) is 5.72. The Bertz CT molecular complexity index is 759. The Labute approximate surface area is 151 Å². The molecule has 0 amide bonds. The van der Waals surface area contributed by atoms with Gasteiger partial charge >= 0.3 is 12.4 Å². The molecule has 4 nitrogen and oxygen atoms in total. The maximum atomic E-state index is 13.4. The summed E-state index contributed by atoms with van der Waals surface area (Å²) < 4.78 is 77.9. The van der Waals surface area contributed by atoms with Crippen LogP contribution in [0.3, 0.4) is 0 Å². The van der Waals surface area contributed by atoms with Gasteiger partial charge in [0.1, 0.15) is 0 Å². The second kappa shape index (κ2) is 8.24. The zero-order chi connectivity index (χ0) is 20.2. The number of aliphatic hydroxyl groups excluding tert-OH is 1. The zero-order valence-electron chi connectivity index (χ0n) is 13.9. The van der Waals surface area contributed by atoms with Gasteiger partial charge in [0.05, 0.1) is 17.4 Å². The summed E-state index contributed by atoms with van der Waals surface area (Å²) in [5.74, 6) is 0. The van der Waals surface area contributed by atoms with Crippen LogP contribution in [-0.2, 0) is 12.4 Å². The Morgan fingerprint density at radius 1 is 0.963 bits per heavy atom. The van der Waals surface area contributed by atoms with E-state index < -0.39 is 35.3 Å². The maximum Gasteiger partial charge on any atom is 0.433 e. The van der Waals surface area contributed by atoms with Crippen molar-refractivity contribution in [3.05, 3.63) is 53.2 Å². The van der Waals surface area contributed by atoms with Gasteiger partial charge in [-0.3, -0.25) is 0 Å². The average Bonchev–Trinajstić information content (AvgIpc) is 2.60. The quantitative estimate of drug-likeness (QED) is 0.520. The van der Waals surface area contributed by atoms with E-state index >= 15 is 0 Å². The van der Waals surface area contributed by atoms with Crippen LogP contribution in [0.1, 0.15) is 22.9 Å². The molecular weight excluding hydrogens is 376 g/mol. The fourth-order valence-electron chi connectivity index (χ4n) is 2.41. The average molecular weight is 393 g/mol. The Morgan fingerprint density at radius 3 is 2.11 bits per heavy atom. The van der Waals surface area contributed by atoms with E-state index in [4.69, 9.17) is 5.73 Å². The first-order valence-electron chi connectivity index (χ1n) is 7.88. The number of aliphatic hydroxyl groups is 1. The van der Waals surface area contributed by atoms with Gasteiger partial charge in [-0.15, -0.1) is 0 Å². The van der Waals surface area contributed by atoms with E-state index in [2.05, 4.69) is 10.3 Å². The maximum absolute atomic E-state index is 13.4. The molecule has 0 aliphatic carbocycles. The predicted octanol–water partition coefficient (Wildman–Crippen LogP) is 3.37. The molecule has 10 heteroatoms. The van der Waals surface area contributed by atoms with Gasteiger partial charge in [0.15, 0.2) is 5.69 Å². The van der Waals surface area contributed by atoms with Crippen molar-refractivity contribution in [3.63, 3.8) is 0 Å². The zero-order valence-corrected chi connectivity index (χ0v) is 13.9. The van der Waals surface area contributed by atoms with Gasteiger partial charge in [-0.05, 0) is 18.2 Å². The number of benzene rings is 1. The van der Waals surface area contributed by atoms with E-state index in [0.717, 1.165) is 30.3 Å². The van der Waals surface area contributed by atoms with Crippen molar-refractivity contribution in [1.82, 2.24) is 10.3 Å². The first-order chi connectivity index (χ1) is 12.5. The van der Waals surface area contributed by atoms with Crippen molar-refractivity contribution in [1.29, 1.82) is 0 Å². The minimum atomic E-state index is -4.84. The van der Waals surface area contributed by atoms with Crippen LogP contribution >= 0.6 is 0 Å².